The number of aryl methyl sites for hydroxylation is 2. The van der Waals surface area contributed by atoms with E-state index in [0.29, 0.717) is 6.04 Å². The van der Waals surface area contributed by atoms with Gasteiger partial charge in [-0.25, -0.2) is 4.98 Å². The fraction of sp³-hybridized carbons (Fsp3) is 0.600. The third-order valence-corrected chi connectivity index (χ3v) is 4.38. The molecule has 0 aromatic carbocycles. The van der Waals surface area contributed by atoms with Crippen LogP contribution in [0.5, 0.6) is 0 Å². The molecule has 0 radical (unpaired) electrons. The number of aromatic nitrogens is 1. The lowest BCUT2D eigenvalue weighted by Gasteiger charge is -2.16. The first-order valence-electron chi connectivity index (χ1n) is 7.31. The lowest BCUT2D eigenvalue weighted by atomic mass is 10.2. The third-order valence-electron chi connectivity index (χ3n) is 3.35. The second-order valence-corrected chi connectivity index (χ2v) is 6.07. The molecule has 0 saturated heterocycles. The van der Waals surface area contributed by atoms with Gasteiger partial charge in [0.1, 0.15) is 0 Å². The summed E-state index contributed by atoms with van der Waals surface area (Å²) in [6, 6.07) is 0.513. The number of nitrogens with zero attached hydrogens (tertiary/aromatic N) is 2. The van der Waals surface area contributed by atoms with Gasteiger partial charge in [-0.15, -0.1) is 35.3 Å². The number of aliphatic imine (C=N–C) groups is 1. The highest BCUT2D eigenvalue weighted by atomic mass is 127. The van der Waals surface area contributed by atoms with Crippen molar-refractivity contribution in [2.24, 2.45) is 4.99 Å². The molecule has 0 unspecified atom stereocenters. The normalized spacial score (nSPS) is 15.0. The van der Waals surface area contributed by atoms with Crippen LogP contribution in [0.25, 0.3) is 0 Å². The van der Waals surface area contributed by atoms with Gasteiger partial charge in [0.15, 0.2) is 5.96 Å². The molecule has 21 heavy (non-hydrogen) atoms. The van der Waals surface area contributed by atoms with E-state index in [4.69, 9.17) is 0 Å². The van der Waals surface area contributed by atoms with Gasteiger partial charge in [-0.3, -0.25) is 4.99 Å². The van der Waals surface area contributed by atoms with E-state index in [2.05, 4.69) is 45.1 Å². The summed E-state index contributed by atoms with van der Waals surface area (Å²) in [7, 11) is 1.83. The molecule has 6 heteroatoms. The SMILES string of the molecule is CN=C(NCCCCc1nc(C)cs1)NC1CC=CC1.I. The first-order valence-corrected chi connectivity index (χ1v) is 8.19. The molecule has 0 spiro atoms. The van der Waals surface area contributed by atoms with Crippen LogP contribution in [-0.4, -0.2) is 30.6 Å². The minimum absolute atomic E-state index is 0. The first kappa shape index (κ1) is 18.4. The van der Waals surface area contributed by atoms with Gasteiger partial charge in [-0.05, 0) is 39.0 Å². The highest BCUT2D eigenvalue weighted by molar-refractivity contribution is 14.0. The minimum atomic E-state index is 0. The maximum Gasteiger partial charge on any atom is 0.191 e. The number of hydrogen-bond acceptors (Lipinski definition) is 3. The van der Waals surface area contributed by atoms with Gasteiger partial charge in [0, 0.05) is 30.7 Å². The Bertz CT molecular complexity index is 462. The van der Waals surface area contributed by atoms with Crippen LogP contribution in [0.3, 0.4) is 0 Å². The van der Waals surface area contributed by atoms with Crippen LogP contribution < -0.4 is 10.6 Å². The van der Waals surface area contributed by atoms with Crippen molar-refractivity contribution in [1.29, 1.82) is 0 Å². The fourth-order valence-electron chi connectivity index (χ4n) is 2.25. The van der Waals surface area contributed by atoms with Crippen LogP contribution in [-0.2, 0) is 6.42 Å². The van der Waals surface area contributed by atoms with E-state index >= 15 is 0 Å². The second-order valence-electron chi connectivity index (χ2n) is 5.12. The summed E-state index contributed by atoms with van der Waals surface area (Å²) in [5.41, 5.74) is 1.14. The van der Waals surface area contributed by atoms with Crippen LogP contribution in [0.4, 0.5) is 0 Å². The summed E-state index contributed by atoms with van der Waals surface area (Å²) >= 11 is 1.77. The van der Waals surface area contributed by atoms with Gasteiger partial charge >= 0.3 is 0 Å². The largest absolute Gasteiger partial charge is 0.356 e. The van der Waals surface area contributed by atoms with Crippen LogP contribution in [0, 0.1) is 6.92 Å². The Balaban J connectivity index is 0.00000220. The summed E-state index contributed by atoms with van der Waals surface area (Å²) in [5, 5.41) is 10.2. The van der Waals surface area contributed by atoms with Gasteiger partial charge in [0.25, 0.3) is 0 Å². The van der Waals surface area contributed by atoms with Crippen molar-refractivity contribution in [1.82, 2.24) is 15.6 Å². The molecule has 0 amide bonds. The number of hydrogen-bond donors (Lipinski definition) is 2. The molecule has 1 aliphatic carbocycles. The Morgan fingerprint density at radius 3 is 2.76 bits per heavy atom. The molecular formula is C15H25IN4S. The molecule has 0 atom stereocenters. The predicted octanol–water partition coefficient (Wildman–Crippen LogP) is 3.28. The zero-order chi connectivity index (χ0) is 14.2. The highest BCUT2D eigenvalue weighted by Crippen LogP contribution is 2.11. The third kappa shape index (κ3) is 6.78. The smallest absolute Gasteiger partial charge is 0.191 e. The number of guanidine groups is 1. The molecule has 1 aliphatic rings. The molecular weight excluding hydrogens is 395 g/mol. The van der Waals surface area contributed by atoms with Crippen molar-refractivity contribution in [3.05, 3.63) is 28.2 Å². The van der Waals surface area contributed by atoms with Crippen LogP contribution in [0.15, 0.2) is 22.5 Å². The predicted molar refractivity (Wildman–Crippen MR) is 102 cm³/mol. The van der Waals surface area contributed by atoms with E-state index < -0.39 is 0 Å². The van der Waals surface area contributed by atoms with Crippen molar-refractivity contribution in [3.8, 4) is 0 Å². The Morgan fingerprint density at radius 1 is 1.38 bits per heavy atom. The van der Waals surface area contributed by atoms with Crippen molar-refractivity contribution in [2.75, 3.05) is 13.6 Å². The quantitative estimate of drug-likeness (QED) is 0.244. The topological polar surface area (TPSA) is 49.3 Å². The molecule has 4 nitrogen and oxygen atoms in total. The number of thiazole rings is 1. The molecule has 2 N–H and O–H groups in total. The average molecular weight is 420 g/mol. The zero-order valence-electron chi connectivity index (χ0n) is 12.8. The summed E-state index contributed by atoms with van der Waals surface area (Å²) < 4.78 is 0. The van der Waals surface area contributed by atoms with Gasteiger partial charge in [0.05, 0.1) is 5.01 Å². The molecule has 0 bridgehead atoms. The van der Waals surface area contributed by atoms with Crippen molar-refractivity contribution >= 4 is 41.3 Å². The van der Waals surface area contributed by atoms with Gasteiger partial charge in [-0.1, -0.05) is 12.2 Å². The van der Waals surface area contributed by atoms with Crippen LogP contribution in [0.1, 0.15) is 36.4 Å². The Morgan fingerprint density at radius 2 is 2.14 bits per heavy atom. The molecule has 118 valence electrons. The number of rotatable bonds is 6. The minimum Gasteiger partial charge on any atom is -0.356 e. The number of nitrogens with one attached hydrogen (secondary N) is 2. The molecule has 2 rings (SSSR count). The fourth-order valence-corrected chi connectivity index (χ4v) is 3.07. The van der Waals surface area contributed by atoms with E-state index in [9.17, 15) is 0 Å². The van der Waals surface area contributed by atoms with E-state index in [0.717, 1.165) is 43.9 Å². The number of halogens is 1. The summed E-state index contributed by atoms with van der Waals surface area (Å²) in [6.45, 7) is 3.01. The van der Waals surface area contributed by atoms with Crippen LogP contribution in [0.2, 0.25) is 0 Å². The standard InChI is InChI=1S/C15H24N4S.HI/c1-12-11-20-14(18-12)9-5-6-10-17-15(16-2)19-13-7-3-4-8-13;/h3-4,11,13H,5-10H2,1-2H3,(H2,16,17,19);1H. The summed E-state index contributed by atoms with van der Waals surface area (Å²) in [4.78, 5) is 8.75. The van der Waals surface area contributed by atoms with E-state index in [1.807, 2.05) is 7.05 Å². The maximum atomic E-state index is 4.48. The highest BCUT2D eigenvalue weighted by Gasteiger charge is 2.11. The summed E-state index contributed by atoms with van der Waals surface area (Å²) in [5.74, 6) is 0.920. The van der Waals surface area contributed by atoms with E-state index in [-0.39, 0.29) is 24.0 Å². The Hall–Kier alpha value is -0.630. The number of unbranched alkanes of at least 4 members (excludes halogenated alkanes) is 1. The molecule has 0 saturated carbocycles. The van der Waals surface area contributed by atoms with Gasteiger partial charge in [0.2, 0.25) is 0 Å². The average Bonchev–Trinajstić information content (AvgIpc) is 3.09. The molecule has 0 aliphatic heterocycles. The van der Waals surface area contributed by atoms with E-state index in [1.54, 1.807) is 11.3 Å². The maximum absolute atomic E-state index is 4.48. The summed E-state index contributed by atoms with van der Waals surface area (Å²) in [6.07, 6.45) is 10.0. The van der Waals surface area contributed by atoms with Crippen LogP contribution >= 0.6 is 35.3 Å². The van der Waals surface area contributed by atoms with Gasteiger partial charge in [-0.2, -0.15) is 0 Å². The second kappa shape index (κ2) is 10.2. The molecule has 1 heterocycles. The van der Waals surface area contributed by atoms with Crippen molar-refractivity contribution in [3.63, 3.8) is 0 Å². The molecule has 0 fully saturated rings. The monoisotopic (exact) mass is 420 g/mol. The molecule has 1 aromatic heterocycles. The van der Waals surface area contributed by atoms with Gasteiger partial charge < -0.3 is 10.6 Å². The Kier molecular flexibility index (Phi) is 8.91. The van der Waals surface area contributed by atoms with E-state index in [1.165, 1.54) is 11.4 Å². The Labute approximate surface area is 148 Å². The lowest BCUT2D eigenvalue weighted by molar-refractivity contribution is 0.623. The van der Waals surface area contributed by atoms with Crippen molar-refractivity contribution in [2.45, 2.75) is 45.1 Å². The lowest BCUT2D eigenvalue weighted by Crippen LogP contribution is -2.42. The van der Waals surface area contributed by atoms with Crippen molar-refractivity contribution < 1.29 is 0 Å². The molecule has 1 aromatic rings. The zero-order valence-corrected chi connectivity index (χ0v) is 15.9. The first-order chi connectivity index (χ1) is 9.78.